The first kappa shape index (κ1) is 35.0. The van der Waals surface area contributed by atoms with Crippen LogP contribution in [0.4, 0.5) is 17.1 Å². The Labute approximate surface area is 347 Å². The molecule has 2 heterocycles. The van der Waals surface area contributed by atoms with Crippen LogP contribution in [-0.2, 0) is 0 Å². The minimum atomic E-state index is 0.589. The van der Waals surface area contributed by atoms with E-state index in [4.69, 9.17) is 19.4 Å². The molecule has 60 heavy (non-hydrogen) atoms. The number of furan rings is 1. The van der Waals surface area contributed by atoms with Gasteiger partial charge in [-0.05, 0) is 76.2 Å². The third kappa shape index (κ3) is 6.45. The average Bonchev–Trinajstić information content (AvgIpc) is 3.71. The highest BCUT2D eigenvalue weighted by Crippen LogP contribution is 2.42. The molecule has 11 rings (SSSR count). The van der Waals surface area contributed by atoms with Crippen LogP contribution in [0, 0.1) is 0 Å². The first-order valence-electron chi connectivity index (χ1n) is 20.1. The molecule has 0 unspecified atom stereocenters. The molecule has 0 saturated carbocycles. The fourth-order valence-corrected chi connectivity index (χ4v) is 8.20. The maximum absolute atomic E-state index is 6.59. The summed E-state index contributed by atoms with van der Waals surface area (Å²) in [5.74, 6) is 1.84. The SMILES string of the molecule is c1ccc(-c2ccc(N(c3ccc(-c4cccc5oc6cc(-c7nc(-c8ccccc8)nc(-c8ccccc8)n7)ccc6c45)cc3)c3cccc4ccccc34)cc2)cc1. The van der Waals surface area contributed by atoms with Crippen LogP contribution in [0.1, 0.15) is 0 Å². The second kappa shape index (κ2) is 15.0. The van der Waals surface area contributed by atoms with E-state index < -0.39 is 0 Å². The summed E-state index contributed by atoms with van der Waals surface area (Å²) in [6.45, 7) is 0. The molecule has 5 heteroatoms. The van der Waals surface area contributed by atoms with Crippen molar-refractivity contribution < 1.29 is 4.42 Å². The van der Waals surface area contributed by atoms with E-state index in [1.165, 1.54) is 21.9 Å². The summed E-state index contributed by atoms with van der Waals surface area (Å²) in [7, 11) is 0. The van der Waals surface area contributed by atoms with Crippen molar-refractivity contribution in [3.05, 3.63) is 218 Å². The van der Waals surface area contributed by atoms with Crippen LogP contribution in [0.15, 0.2) is 223 Å². The molecule has 0 fully saturated rings. The van der Waals surface area contributed by atoms with Crippen molar-refractivity contribution in [1.82, 2.24) is 15.0 Å². The van der Waals surface area contributed by atoms with Gasteiger partial charge < -0.3 is 9.32 Å². The number of rotatable bonds is 8. The fraction of sp³-hybridized carbons (Fsp3) is 0. The zero-order valence-corrected chi connectivity index (χ0v) is 32.5. The molecule has 0 spiro atoms. The van der Waals surface area contributed by atoms with Crippen molar-refractivity contribution in [2.45, 2.75) is 0 Å². The third-order valence-electron chi connectivity index (χ3n) is 11.1. The second-order valence-corrected chi connectivity index (χ2v) is 14.8. The number of hydrogen-bond acceptors (Lipinski definition) is 5. The predicted octanol–water partition coefficient (Wildman–Crippen LogP) is 14.7. The highest BCUT2D eigenvalue weighted by atomic mass is 16.3. The monoisotopic (exact) mass is 768 g/mol. The lowest BCUT2D eigenvalue weighted by atomic mass is 9.98. The molecule has 0 N–H and O–H groups in total. The number of hydrogen-bond donors (Lipinski definition) is 0. The average molecular weight is 769 g/mol. The van der Waals surface area contributed by atoms with Crippen LogP contribution < -0.4 is 4.90 Å². The quantitative estimate of drug-likeness (QED) is 0.154. The van der Waals surface area contributed by atoms with Crippen molar-refractivity contribution in [3.8, 4) is 56.4 Å². The molecule has 0 saturated heterocycles. The highest BCUT2D eigenvalue weighted by molar-refractivity contribution is 6.13. The molecule has 282 valence electrons. The molecule has 0 radical (unpaired) electrons. The minimum absolute atomic E-state index is 0.589. The first-order chi connectivity index (χ1) is 29.7. The van der Waals surface area contributed by atoms with Gasteiger partial charge in [-0.15, -0.1) is 0 Å². The van der Waals surface area contributed by atoms with E-state index in [-0.39, 0.29) is 0 Å². The van der Waals surface area contributed by atoms with Crippen LogP contribution in [0.5, 0.6) is 0 Å². The van der Waals surface area contributed by atoms with E-state index in [0.717, 1.165) is 66.8 Å². The number of aromatic nitrogens is 3. The molecule has 0 atom stereocenters. The van der Waals surface area contributed by atoms with Gasteiger partial charge in [0.1, 0.15) is 11.2 Å². The normalized spacial score (nSPS) is 11.3. The molecule has 0 aliphatic rings. The zero-order valence-electron chi connectivity index (χ0n) is 32.5. The van der Waals surface area contributed by atoms with Gasteiger partial charge in [-0.25, -0.2) is 15.0 Å². The standard InChI is InChI=1S/C55H36N4O/c1-4-14-37(15-5-1)38-26-31-44(32-27-38)59(49-24-12-21-39-16-10-11-22-46(39)49)45-33-28-40(29-34-45)47-23-13-25-50-52(47)48-35-30-43(36-51(48)60-50)55-57-53(41-17-6-2-7-18-41)56-54(58-55)42-19-8-3-9-20-42/h1-36H. The van der Waals surface area contributed by atoms with E-state index >= 15 is 0 Å². The third-order valence-corrected chi connectivity index (χ3v) is 11.1. The molecule has 0 aliphatic heterocycles. The summed E-state index contributed by atoms with van der Waals surface area (Å²) < 4.78 is 6.59. The van der Waals surface area contributed by atoms with Crippen molar-refractivity contribution in [1.29, 1.82) is 0 Å². The zero-order chi connectivity index (χ0) is 39.8. The maximum Gasteiger partial charge on any atom is 0.164 e. The molecular formula is C55H36N4O. The Morgan fingerprint density at radius 1 is 0.333 bits per heavy atom. The molecule has 2 aromatic heterocycles. The van der Waals surface area contributed by atoms with Gasteiger partial charge in [0.15, 0.2) is 17.5 Å². The predicted molar refractivity (Wildman–Crippen MR) is 246 cm³/mol. The fourth-order valence-electron chi connectivity index (χ4n) is 8.20. The van der Waals surface area contributed by atoms with Crippen molar-refractivity contribution in [3.63, 3.8) is 0 Å². The first-order valence-corrected chi connectivity index (χ1v) is 20.1. The Morgan fingerprint density at radius 2 is 0.833 bits per heavy atom. The van der Waals surface area contributed by atoms with Gasteiger partial charge in [0.2, 0.25) is 0 Å². The number of nitrogens with zero attached hydrogens (tertiary/aromatic N) is 4. The summed E-state index contributed by atoms with van der Waals surface area (Å²) in [6, 6.07) is 75.9. The van der Waals surface area contributed by atoms with Crippen molar-refractivity contribution in [2.24, 2.45) is 0 Å². The molecule has 0 amide bonds. The van der Waals surface area contributed by atoms with Crippen LogP contribution in [0.3, 0.4) is 0 Å². The summed E-state index contributed by atoms with van der Waals surface area (Å²) in [4.78, 5) is 17.1. The van der Waals surface area contributed by atoms with Gasteiger partial charge in [-0.2, -0.15) is 0 Å². The van der Waals surface area contributed by atoms with E-state index in [1.807, 2.05) is 72.8 Å². The highest BCUT2D eigenvalue weighted by Gasteiger charge is 2.19. The summed E-state index contributed by atoms with van der Waals surface area (Å²) in [5.41, 5.74) is 12.2. The van der Waals surface area contributed by atoms with E-state index in [9.17, 15) is 0 Å². The van der Waals surface area contributed by atoms with Gasteiger partial charge >= 0.3 is 0 Å². The van der Waals surface area contributed by atoms with Crippen molar-refractivity contribution in [2.75, 3.05) is 4.90 Å². The Hall–Kier alpha value is -8.15. The van der Waals surface area contributed by atoms with Gasteiger partial charge in [0.05, 0.1) is 5.69 Å². The Balaban J connectivity index is 0.985. The van der Waals surface area contributed by atoms with Gasteiger partial charge in [0, 0.05) is 44.2 Å². The van der Waals surface area contributed by atoms with Gasteiger partial charge in [-0.1, -0.05) is 170 Å². The second-order valence-electron chi connectivity index (χ2n) is 14.8. The lowest BCUT2D eigenvalue weighted by Gasteiger charge is -2.27. The topological polar surface area (TPSA) is 55.1 Å². The lowest BCUT2D eigenvalue weighted by Crippen LogP contribution is -2.10. The van der Waals surface area contributed by atoms with Crippen LogP contribution in [0.2, 0.25) is 0 Å². The summed E-state index contributed by atoms with van der Waals surface area (Å²) >= 11 is 0. The smallest absolute Gasteiger partial charge is 0.164 e. The van der Waals surface area contributed by atoms with Crippen LogP contribution in [-0.4, -0.2) is 15.0 Å². The van der Waals surface area contributed by atoms with Crippen molar-refractivity contribution >= 4 is 49.8 Å². The number of fused-ring (bicyclic) bond motifs is 4. The maximum atomic E-state index is 6.59. The summed E-state index contributed by atoms with van der Waals surface area (Å²) in [5, 5.41) is 4.49. The molecule has 11 aromatic rings. The Bertz CT molecular complexity index is 3230. The number of anilines is 3. The van der Waals surface area contributed by atoms with Crippen LogP contribution >= 0.6 is 0 Å². The van der Waals surface area contributed by atoms with Crippen LogP contribution in [0.25, 0.3) is 89.1 Å². The minimum Gasteiger partial charge on any atom is -0.456 e. The largest absolute Gasteiger partial charge is 0.456 e. The van der Waals surface area contributed by atoms with E-state index in [1.54, 1.807) is 0 Å². The van der Waals surface area contributed by atoms with E-state index in [2.05, 4.69) is 150 Å². The molecular weight excluding hydrogens is 733 g/mol. The Kier molecular flexibility index (Phi) is 8.75. The molecule has 0 bridgehead atoms. The molecule has 0 aliphatic carbocycles. The molecule has 5 nitrogen and oxygen atoms in total. The van der Waals surface area contributed by atoms with E-state index in [0.29, 0.717) is 17.5 Å². The van der Waals surface area contributed by atoms with Gasteiger partial charge in [-0.3, -0.25) is 0 Å². The molecule has 9 aromatic carbocycles. The summed E-state index contributed by atoms with van der Waals surface area (Å²) in [6.07, 6.45) is 0. The Morgan fingerprint density at radius 3 is 1.48 bits per heavy atom. The van der Waals surface area contributed by atoms with Gasteiger partial charge in [0.25, 0.3) is 0 Å². The number of benzene rings is 9. The lowest BCUT2D eigenvalue weighted by molar-refractivity contribution is 0.669.